The van der Waals surface area contributed by atoms with E-state index in [1.807, 2.05) is 0 Å². The molecule has 11 nitrogen and oxygen atoms in total. The number of aliphatic hydroxyl groups is 1. The summed E-state index contributed by atoms with van der Waals surface area (Å²) in [5.41, 5.74) is 11.1. The Hall–Kier alpha value is -2.57. The van der Waals surface area contributed by atoms with Crippen LogP contribution < -0.4 is 26.6 Å². The number of carbonyl (C=O) groups excluding carboxylic acids is 3. The Bertz CT molecular complexity index is 806. The van der Waals surface area contributed by atoms with Gasteiger partial charge in [-0.05, 0) is 0 Å². The Labute approximate surface area is 152 Å². The number of aliphatic hydroxyl groups excluding tert-OH is 1. The number of nitrogens with two attached hydrogens (primary N) is 2. The van der Waals surface area contributed by atoms with Gasteiger partial charge < -0.3 is 26.5 Å². The molecule has 3 heterocycles. The molecule has 0 radical (unpaired) electrons. The number of thioether (sulfide) groups is 1. The van der Waals surface area contributed by atoms with Crippen molar-refractivity contribution < 1.29 is 29.3 Å². The quantitative estimate of drug-likeness (QED) is 0.292. The van der Waals surface area contributed by atoms with E-state index in [1.54, 1.807) is 21.6 Å². The van der Waals surface area contributed by atoms with Crippen molar-refractivity contribution in [2.75, 3.05) is 17.7 Å². The summed E-state index contributed by atoms with van der Waals surface area (Å²) >= 11 is 1.38. The number of anilines is 1. The van der Waals surface area contributed by atoms with E-state index >= 15 is 0 Å². The van der Waals surface area contributed by atoms with Crippen LogP contribution in [0.2, 0.25) is 0 Å². The van der Waals surface area contributed by atoms with Crippen molar-refractivity contribution in [3.05, 3.63) is 23.5 Å². The van der Waals surface area contributed by atoms with Gasteiger partial charge in [0, 0.05) is 11.3 Å². The first kappa shape index (κ1) is 18.2. The molecular formula is C14H18N6O5S. The Balaban J connectivity index is 1.94. The number of aliphatic carboxylic acids is 1. The molecule has 1 saturated heterocycles. The van der Waals surface area contributed by atoms with E-state index in [1.165, 1.54) is 11.8 Å². The van der Waals surface area contributed by atoms with Gasteiger partial charge in [0.15, 0.2) is 18.6 Å². The number of β-lactam (4-membered cyclic amide) rings is 1. The van der Waals surface area contributed by atoms with Crippen molar-refractivity contribution in [1.82, 2.24) is 9.58 Å². The van der Waals surface area contributed by atoms with E-state index in [-0.39, 0.29) is 25.4 Å². The molecule has 0 saturated carbocycles. The minimum absolute atomic E-state index is 0.127. The molecule has 6 N–H and O–H groups in total. The molecule has 0 aliphatic carbocycles. The average molecular weight is 382 g/mol. The van der Waals surface area contributed by atoms with Crippen LogP contribution in [0.25, 0.3) is 0 Å². The standard InChI is InChI=1S/C14H18N6O5S/c15-9-11(22)20-10(13(23)24)7(6-26-12(9)20)5-18-2-1-8(17-14(16)25)19(18)3-4-21/h1-2,9,12,21H,3-6,15H2,(H3,16,23,24,25)/t9-,12-/m1/s1. The number of nitrogens with zero attached hydrogens (tertiary/aromatic N) is 3. The molecule has 0 spiro atoms. The number of carboxylic acids is 1. The molecular weight excluding hydrogens is 364 g/mol. The van der Waals surface area contributed by atoms with Gasteiger partial charge in [-0.1, -0.05) is 0 Å². The maximum Gasteiger partial charge on any atom is 0.317 e. The fourth-order valence-electron chi connectivity index (χ4n) is 3.06. The van der Waals surface area contributed by atoms with E-state index in [2.05, 4.69) is 5.32 Å². The maximum absolute atomic E-state index is 12.0. The lowest BCUT2D eigenvalue weighted by Crippen LogP contribution is -2.69. The number of aromatic nitrogens is 2. The van der Waals surface area contributed by atoms with Gasteiger partial charge in [-0.25, -0.2) is 4.79 Å². The molecule has 2 atom stereocenters. The highest BCUT2D eigenvalue weighted by molar-refractivity contribution is 8.00. The molecule has 2 aliphatic rings. The highest BCUT2D eigenvalue weighted by Crippen LogP contribution is 2.39. The van der Waals surface area contributed by atoms with Gasteiger partial charge in [-0.15, -0.1) is 21.1 Å². The number of hydrogen-bond acceptors (Lipinski definition) is 7. The van der Waals surface area contributed by atoms with Crippen LogP contribution >= 0.6 is 11.8 Å². The van der Waals surface area contributed by atoms with E-state index in [9.17, 15) is 24.6 Å². The third kappa shape index (κ3) is 3.02. The summed E-state index contributed by atoms with van der Waals surface area (Å²) < 4.78 is 3.16. The third-order valence-corrected chi connectivity index (χ3v) is 5.55. The lowest BCUT2D eigenvalue weighted by atomic mass is 10.0. The zero-order chi connectivity index (χ0) is 19.0. The Morgan fingerprint density at radius 1 is 1.50 bits per heavy atom. The number of amides is 3. The number of hydrogen-bond donors (Lipinski definition) is 4. The topological polar surface area (TPSA) is 171 Å². The zero-order valence-electron chi connectivity index (χ0n) is 13.6. The second kappa shape index (κ2) is 6.97. The summed E-state index contributed by atoms with van der Waals surface area (Å²) in [6.45, 7) is 0.0765. The van der Waals surface area contributed by atoms with E-state index in [4.69, 9.17) is 11.5 Å². The van der Waals surface area contributed by atoms with Crippen LogP contribution in [-0.2, 0) is 22.7 Å². The summed E-state index contributed by atoms with van der Waals surface area (Å²) in [7, 11) is 0. The van der Waals surface area contributed by atoms with Crippen molar-refractivity contribution in [3.63, 3.8) is 0 Å². The molecule has 0 bridgehead atoms. The first-order chi connectivity index (χ1) is 12.3. The number of fused-ring (bicyclic) bond motifs is 1. The Morgan fingerprint density at radius 3 is 2.85 bits per heavy atom. The predicted octanol–water partition coefficient (Wildman–Crippen LogP) is -3.50. The van der Waals surface area contributed by atoms with Crippen LogP contribution in [-0.4, -0.2) is 56.4 Å². The van der Waals surface area contributed by atoms with Crippen LogP contribution in [0, 0.1) is 0 Å². The molecule has 0 aromatic carbocycles. The normalized spacial score (nSPS) is 22.1. The van der Waals surface area contributed by atoms with Crippen molar-refractivity contribution >= 4 is 35.5 Å². The van der Waals surface area contributed by atoms with Gasteiger partial charge in [0.2, 0.25) is 5.91 Å². The zero-order valence-corrected chi connectivity index (χ0v) is 14.4. The molecule has 12 heteroatoms. The predicted molar refractivity (Wildman–Crippen MR) is 88.0 cm³/mol. The average Bonchev–Trinajstić information content (AvgIpc) is 2.95. The van der Waals surface area contributed by atoms with Crippen LogP contribution in [0.5, 0.6) is 0 Å². The molecule has 2 aliphatic heterocycles. The van der Waals surface area contributed by atoms with Crippen LogP contribution in [0.1, 0.15) is 0 Å². The van der Waals surface area contributed by atoms with Gasteiger partial charge in [0.05, 0.1) is 24.3 Å². The number of nitrogens with one attached hydrogen (secondary N) is 1. The van der Waals surface area contributed by atoms with Gasteiger partial charge in [0.25, 0.3) is 0 Å². The number of carboxylic acid groups (broad SMARTS) is 1. The van der Waals surface area contributed by atoms with Gasteiger partial charge >= 0.3 is 6.03 Å². The number of rotatable bonds is 6. The summed E-state index contributed by atoms with van der Waals surface area (Å²) in [5, 5.41) is 22.9. The van der Waals surface area contributed by atoms with Crippen molar-refractivity contribution in [3.8, 4) is 0 Å². The minimum atomic E-state index is -1.44. The van der Waals surface area contributed by atoms with E-state index in [0.29, 0.717) is 17.1 Å². The lowest BCUT2D eigenvalue weighted by molar-refractivity contribution is -0.767. The molecule has 0 unspecified atom stereocenters. The molecule has 1 aromatic rings. The smallest absolute Gasteiger partial charge is 0.317 e. The Kier molecular flexibility index (Phi) is 4.89. The number of urea groups is 1. The van der Waals surface area contributed by atoms with Crippen molar-refractivity contribution in [2.45, 2.75) is 24.5 Å². The fourth-order valence-corrected chi connectivity index (χ4v) is 4.34. The highest BCUT2D eigenvalue weighted by Gasteiger charge is 2.50. The molecule has 140 valence electrons. The van der Waals surface area contributed by atoms with Crippen LogP contribution in [0.3, 0.4) is 0 Å². The second-order valence-electron chi connectivity index (χ2n) is 5.81. The largest absolute Gasteiger partial charge is 0.543 e. The summed E-state index contributed by atoms with van der Waals surface area (Å²) in [4.78, 5) is 35.8. The van der Waals surface area contributed by atoms with Gasteiger partial charge in [0.1, 0.15) is 18.0 Å². The second-order valence-corrected chi connectivity index (χ2v) is 6.91. The Morgan fingerprint density at radius 2 is 2.23 bits per heavy atom. The first-order valence-corrected chi connectivity index (χ1v) is 8.80. The van der Waals surface area contributed by atoms with Crippen LogP contribution in [0.15, 0.2) is 23.5 Å². The number of primary amides is 1. The molecule has 3 rings (SSSR count). The molecule has 1 fully saturated rings. The summed E-state index contributed by atoms with van der Waals surface area (Å²) in [5.74, 6) is -1.18. The molecule has 26 heavy (non-hydrogen) atoms. The van der Waals surface area contributed by atoms with Crippen molar-refractivity contribution in [2.24, 2.45) is 11.5 Å². The van der Waals surface area contributed by atoms with Gasteiger partial charge in [-0.3, -0.25) is 15.0 Å². The summed E-state index contributed by atoms with van der Waals surface area (Å²) in [6.07, 6.45) is 1.61. The van der Waals surface area contributed by atoms with E-state index in [0.717, 1.165) is 4.90 Å². The lowest BCUT2D eigenvalue weighted by Gasteiger charge is -2.49. The summed E-state index contributed by atoms with van der Waals surface area (Å²) in [6, 6.07) is 0.0943. The molecule has 3 amide bonds. The van der Waals surface area contributed by atoms with Crippen molar-refractivity contribution in [1.29, 1.82) is 0 Å². The minimum Gasteiger partial charge on any atom is -0.543 e. The van der Waals surface area contributed by atoms with Gasteiger partial charge in [-0.2, -0.15) is 0 Å². The first-order valence-electron chi connectivity index (χ1n) is 7.75. The number of carbonyl (C=O) groups is 3. The highest BCUT2D eigenvalue weighted by atomic mass is 32.2. The molecule has 1 aromatic heterocycles. The maximum atomic E-state index is 12.0. The fraction of sp³-hybridized carbons (Fsp3) is 0.429. The van der Waals surface area contributed by atoms with Crippen LogP contribution in [0.4, 0.5) is 10.6 Å². The SMILES string of the molecule is NC(=O)Nc1cc[n+](CC2=C(C(=O)[O-])N3C(=O)[C@@H](N)[C@H]3SC2)n1CCO. The monoisotopic (exact) mass is 382 g/mol. The van der Waals surface area contributed by atoms with E-state index < -0.39 is 29.3 Å². The third-order valence-electron chi connectivity index (χ3n) is 4.19.